The van der Waals surface area contributed by atoms with E-state index in [0.717, 1.165) is 33.2 Å². The Balaban J connectivity index is 2.19. The summed E-state index contributed by atoms with van der Waals surface area (Å²) in [4.78, 5) is 14.8. The van der Waals surface area contributed by atoms with Gasteiger partial charge in [0.15, 0.2) is 5.58 Å². The highest BCUT2D eigenvalue weighted by molar-refractivity contribution is 6.06. The van der Waals surface area contributed by atoms with Crippen molar-refractivity contribution >= 4 is 22.1 Å². The van der Waals surface area contributed by atoms with Gasteiger partial charge in [-0.05, 0) is 17.7 Å². The Morgan fingerprint density at radius 3 is 2.50 bits per heavy atom. The summed E-state index contributed by atoms with van der Waals surface area (Å²) in [5.74, 6) is 0. The number of fused-ring (bicyclic) bond motifs is 3. The van der Waals surface area contributed by atoms with Crippen molar-refractivity contribution in [2.75, 3.05) is 0 Å². The lowest BCUT2D eigenvalue weighted by Crippen LogP contribution is -2.03. The molecule has 2 aromatic carbocycles. The minimum atomic E-state index is -0.122. The van der Waals surface area contributed by atoms with Gasteiger partial charge in [0, 0.05) is 17.0 Å². The van der Waals surface area contributed by atoms with E-state index < -0.39 is 0 Å². The molecule has 2 aromatic heterocycles. The van der Waals surface area contributed by atoms with E-state index in [1.165, 1.54) is 0 Å². The van der Waals surface area contributed by atoms with Gasteiger partial charge in [-0.25, -0.2) is 0 Å². The molecule has 1 N–H and O–H groups in total. The van der Waals surface area contributed by atoms with Crippen LogP contribution in [0.2, 0.25) is 0 Å². The molecule has 20 heavy (non-hydrogen) atoms. The van der Waals surface area contributed by atoms with Crippen molar-refractivity contribution in [3.8, 4) is 11.1 Å². The van der Waals surface area contributed by atoms with Crippen molar-refractivity contribution in [1.82, 2.24) is 4.98 Å². The van der Waals surface area contributed by atoms with E-state index >= 15 is 0 Å². The normalized spacial score (nSPS) is 11.2. The number of para-hydroxylation sites is 1. The molecule has 0 saturated heterocycles. The summed E-state index contributed by atoms with van der Waals surface area (Å²) >= 11 is 0. The Hall–Kier alpha value is -2.81. The number of aromatic nitrogens is 1. The highest BCUT2D eigenvalue weighted by atomic mass is 16.3. The van der Waals surface area contributed by atoms with Gasteiger partial charge in [0.1, 0.15) is 5.58 Å². The minimum absolute atomic E-state index is 0.122. The number of aromatic amines is 1. The Bertz CT molecular complexity index is 965. The van der Waals surface area contributed by atoms with Crippen molar-refractivity contribution in [1.29, 1.82) is 0 Å². The molecule has 0 spiro atoms. The number of nitrogens with one attached hydrogen (secondary N) is 1. The van der Waals surface area contributed by atoms with E-state index in [9.17, 15) is 4.79 Å². The molecule has 3 nitrogen and oxygen atoms in total. The molecule has 0 radical (unpaired) electrons. The zero-order valence-corrected chi connectivity index (χ0v) is 10.6. The number of H-pyrrole nitrogens is 1. The largest absolute Gasteiger partial charge is 0.454 e. The van der Waals surface area contributed by atoms with Gasteiger partial charge in [-0.3, -0.25) is 4.79 Å². The Kier molecular flexibility index (Phi) is 2.27. The third-order valence-electron chi connectivity index (χ3n) is 3.45. The average Bonchev–Trinajstić information content (AvgIpc) is 2.86. The van der Waals surface area contributed by atoms with Gasteiger partial charge >= 0.3 is 0 Å². The summed E-state index contributed by atoms with van der Waals surface area (Å²) in [7, 11) is 0. The Morgan fingerprint density at radius 2 is 1.65 bits per heavy atom. The van der Waals surface area contributed by atoms with Crippen molar-refractivity contribution in [2.24, 2.45) is 0 Å². The van der Waals surface area contributed by atoms with Gasteiger partial charge in [-0.2, -0.15) is 0 Å². The number of hydrogen-bond donors (Lipinski definition) is 1. The van der Waals surface area contributed by atoms with Crippen molar-refractivity contribution in [2.45, 2.75) is 0 Å². The summed E-state index contributed by atoms with van der Waals surface area (Å²) in [6.45, 7) is 0. The van der Waals surface area contributed by atoms with E-state index in [0.29, 0.717) is 0 Å². The molecule has 0 aliphatic carbocycles. The molecule has 0 fully saturated rings. The molecule has 0 atom stereocenters. The lowest BCUT2D eigenvalue weighted by molar-refractivity contribution is 0.669. The van der Waals surface area contributed by atoms with Crippen LogP contribution in [0, 0.1) is 0 Å². The second-order valence-corrected chi connectivity index (χ2v) is 4.72. The van der Waals surface area contributed by atoms with Crippen molar-refractivity contribution < 1.29 is 4.42 Å². The highest BCUT2D eigenvalue weighted by Gasteiger charge is 2.13. The van der Waals surface area contributed by atoms with E-state index in [2.05, 4.69) is 4.98 Å². The van der Waals surface area contributed by atoms with Gasteiger partial charge in [0.05, 0.1) is 5.52 Å². The van der Waals surface area contributed by atoms with Gasteiger partial charge in [0.2, 0.25) is 5.56 Å². The van der Waals surface area contributed by atoms with Gasteiger partial charge in [0.25, 0.3) is 0 Å². The monoisotopic (exact) mass is 261 g/mol. The Morgan fingerprint density at radius 1 is 0.900 bits per heavy atom. The van der Waals surface area contributed by atoms with Crippen LogP contribution >= 0.6 is 0 Å². The number of rotatable bonds is 1. The van der Waals surface area contributed by atoms with Crippen LogP contribution in [0.4, 0.5) is 0 Å². The first-order chi connectivity index (χ1) is 9.83. The second-order valence-electron chi connectivity index (χ2n) is 4.72. The molecular formula is C17H11NO2. The van der Waals surface area contributed by atoms with Gasteiger partial charge < -0.3 is 9.40 Å². The second kappa shape index (κ2) is 4.10. The summed E-state index contributed by atoms with van der Waals surface area (Å²) < 4.78 is 5.92. The molecule has 3 heteroatoms. The van der Waals surface area contributed by atoms with E-state index in [1.807, 2.05) is 54.6 Å². The maximum Gasteiger partial charge on any atom is 0.249 e. The maximum absolute atomic E-state index is 11.9. The summed E-state index contributed by atoms with van der Waals surface area (Å²) in [5.41, 5.74) is 3.93. The zero-order valence-electron chi connectivity index (χ0n) is 10.6. The lowest BCUT2D eigenvalue weighted by Gasteiger charge is -2.01. The number of hydrogen-bond acceptors (Lipinski definition) is 2. The van der Waals surface area contributed by atoms with Crippen LogP contribution in [0.3, 0.4) is 0 Å². The summed E-state index contributed by atoms with van der Waals surface area (Å²) in [6, 6.07) is 19.1. The van der Waals surface area contributed by atoms with E-state index in [4.69, 9.17) is 4.42 Å². The van der Waals surface area contributed by atoms with Crippen LogP contribution in [-0.2, 0) is 0 Å². The first kappa shape index (κ1) is 11.1. The fourth-order valence-corrected chi connectivity index (χ4v) is 2.55. The van der Waals surface area contributed by atoms with Crippen molar-refractivity contribution in [3.05, 3.63) is 71.0 Å². The Labute approximate surface area is 114 Å². The molecular weight excluding hydrogens is 250 g/mol. The van der Waals surface area contributed by atoms with Crippen LogP contribution in [0.1, 0.15) is 0 Å². The number of pyridine rings is 1. The molecule has 4 aromatic rings. The zero-order chi connectivity index (χ0) is 13.5. The van der Waals surface area contributed by atoms with Gasteiger partial charge in [-0.15, -0.1) is 0 Å². The molecule has 96 valence electrons. The number of furan rings is 1. The average molecular weight is 261 g/mol. The molecule has 0 aliphatic rings. The number of benzene rings is 2. The minimum Gasteiger partial charge on any atom is -0.454 e. The smallest absolute Gasteiger partial charge is 0.249 e. The lowest BCUT2D eigenvalue weighted by atomic mass is 10.1. The third kappa shape index (κ3) is 1.57. The maximum atomic E-state index is 11.9. The standard InChI is InChI=1S/C17H11NO2/c19-15-10-13(11-6-2-1-3-7-11)17-16(18-15)12-8-4-5-9-14(12)20-17/h1-10H,(H,18,19). The molecule has 0 amide bonds. The third-order valence-corrected chi connectivity index (χ3v) is 3.45. The fraction of sp³-hybridized carbons (Fsp3) is 0. The first-order valence-electron chi connectivity index (χ1n) is 6.43. The highest BCUT2D eigenvalue weighted by Crippen LogP contribution is 2.32. The summed E-state index contributed by atoms with van der Waals surface area (Å²) in [6.07, 6.45) is 0. The van der Waals surface area contributed by atoms with Crippen molar-refractivity contribution in [3.63, 3.8) is 0 Å². The molecule has 2 heterocycles. The SMILES string of the molecule is O=c1cc(-c2ccccc2)c2oc3ccccc3c2[nH]1. The van der Waals surface area contributed by atoms with E-state index in [1.54, 1.807) is 6.07 Å². The predicted molar refractivity (Wildman–Crippen MR) is 79.8 cm³/mol. The molecule has 0 bridgehead atoms. The molecule has 0 aliphatic heterocycles. The van der Waals surface area contributed by atoms with Crippen LogP contribution in [0.5, 0.6) is 0 Å². The van der Waals surface area contributed by atoms with E-state index in [-0.39, 0.29) is 5.56 Å². The molecule has 0 saturated carbocycles. The molecule has 0 unspecified atom stereocenters. The van der Waals surface area contributed by atoms with Crippen LogP contribution in [-0.4, -0.2) is 4.98 Å². The predicted octanol–water partition coefficient (Wildman–Crippen LogP) is 3.94. The fourth-order valence-electron chi connectivity index (χ4n) is 2.55. The van der Waals surface area contributed by atoms with Crippen LogP contribution < -0.4 is 5.56 Å². The first-order valence-corrected chi connectivity index (χ1v) is 6.43. The quantitative estimate of drug-likeness (QED) is 0.564. The van der Waals surface area contributed by atoms with Crippen LogP contribution in [0.15, 0.2) is 69.9 Å². The van der Waals surface area contributed by atoms with Crippen LogP contribution in [0.25, 0.3) is 33.2 Å². The molecule has 4 rings (SSSR count). The summed E-state index contributed by atoms with van der Waals surface area (Å²) in [5, 5.41) is 0.928. The van der Waals surface area contributed by atoms with Gasteiger partial charge in [-0.1, -0.05) is 42.5 Å². The topological polar surface area (TPSA) is 46.0 Å².